The second kappa shape index (κ2) is 9.90. The van der Waals surface area contributed by atoms with Gasteiger partial charge in [-0.05, 0) is 61.4 Å². The third-order valence-electron chi connectivity index (χ3n) is 6.81. The zero-order chi connectivity index (χ0) is 23.4. The first-order chi connectivity index (χ1) is 15.9. The molecule has 3 atom stereocenters. The summed E-state index contributed by atoms with van der Waals surface area (Å²) >= 11 is 0. The minimum absolute atomic E-state index is 0.0302. The number of nitrogens with zero attached hydrogens (tertiary/aromatic N) is 2. The van der Waals surface area contributed by atoms with E-state index in [1.165, 1.54) is 6.92 Å². The van der Waals surface area contributed by atoms with Crippen LogP contribution >= 0.6 is 0 Å². The number of nitrogens with one attached hydrogen (secondary N) is 2. The van der Waals surface area contributed by atoms with Gasteiger partial charge in [-0.25, -0.2) is 4.98 Å². The van der Waals surface area contributed by atoms with E-state index in [0.29, 0.717) is 24.4 Å². The van der Waals surface area contributed by atoms with Crippen LogP contribution < -0.4 is 15.4 Å². The number of benzene rings is 1. The van der Waals surface area contributed by atoms with Gasteiger partial charge in [0.2, 0.25) is 11.8 Å². The maximum atomic E-state index is 11.8. The van der Waals surface area contributed by atoms with Crippen molar-refractivity contribution in [2.75, 3.05) is 6.54 Å². The lowest BCUT2D eigenvalue weighted by Gasteiger charge is -2.47. The highest BCUT2D eigenvalue weighted by molar-refractivity contribution is 5.73. The third-order valence-corrected chi connectivity index (χ3v) is 6.81. The van der Waals surface area contributed by atoms with Gasteiger partial charge in [0.1, 0.15) is 5.60 Å². The van der Waals surface area contributed by atoms with Crippen molar-refractivity contribution in [2.24, 2.45) is 0 Å². The summed E-state index contributed by atoms with van der Waals surface area (Å²) in [5.41, 5.74) is 3.49. The van der Waals surface area contributed by atoms with Crippen LogP contribution in [-0.2, 0) is 17.6 Å². The number of aliphatic hydroxyl groups excluding tert-OH is 1. The van der Waals surface area contributed by atoms with Crippen molar-refractivity contribution >= 4 is 5.91 Å². The largest absolute Gasteiger partial charge is 0.471 e. The van der Waals surface area contributed by atoms with Crippen LogP contribution in [0, 0.1) is 11.3 Å². The van der Waals surface area contributed by atoms with E-state index in [9.17, 15) is 9.90 Å². The Morgan fingerprint density at radius 1 is 1.36 bits per heavy atom. The normalized spacial score (nSPS) is 20.0. The van der Waals surface area contributed by atoms with Crippen molar-refractivity contribution in [3.63, 3.8) is 0 Å². The fourth-order valence-electron chi connectivity index (χ4n) is 4.80. The van der Waals surface area contributed by atoms with Crippen LogP contribution in [0.15, 0.2) is 36.5 Å². The molecule has 0 bridgehead atoms. The number of fused-ring (bicyclic) bond motifs is 1. The molecule has 1 aliphatic carbocycles. The molecule has 3 N–H and O–H groups in total. The molecular formula is C26H32N4O3. The van der Waals surface area contributed by atoms with E-state index in [2.05, 4.69) is 34.7 Å². The molecule has 0 radical (unpaired) electrons. The predicted molar refractivity (Wildman–Crippen MR) is 125 cm³/mol. The summed E-state index contributed by atoms with van der Waals surface area (Å²) in [7, 11) is 0. The molecule has 1 spiro atoms. The number of hydrogen-bond donors (Lipinski definition) is 3. The standard InChI is InChI=1S/C26H32N4O3/c1-3-18-11-21-23(13-26(8-5-9-26)33-25(21)29-15-18)28-16-24(32)22(30-17(2)31)12-19-6-4-7-20(10-19)14-27/h4,6-7,10-11,15,22-24,28,32H,3,5,8-9,12-13,16H2,1-2H3,(H,30,31)/t22-,23-,24-/m0/s1. The van der Waals surface area contributed by atoms with Gasteiger partial charge in [-0.15, -0.1) is 0 Å². The first-order valence-electron chi connectivity index (χ1n) is 11.8. The van der Waals surface area contributed by atoms with Gasteiger partial charge < -0.3 is 20.5 Å². The van der Waals surface area contributed by atoms with Gasteiger partial charge in [-0.1, -0.05) is 19.1 Å². The van der Waals surface area contributed by atoms with Crippen molar-refractivity contribution in [1.29, 1.82) is 5.26 Å². The van der Waals surface area contributed by atoms with Crippen LogP contribution in [0.4, 0.5) is 0 Å². The number of rotatable bonds is 8. The van der Waals surface area contributed by atoms with Gasteiger partial charge in [0, 0.05) is 37.7 Å². The Labute approximate surface area is 195 Å². The van der Waals surface area contributed by atoms with Gasteiger partial charge in [0.25, 0.3) is 0 Å². The summed E-state index contributed by atoms with van der Waals surface area (Å²) in [5.74, 6) is 0.494. The number of aryl methyl sites for hydroxylation is 1. The lowest BCUT2D eigenvalue weighted by molar-refractivity contribution is -0.120. The zero-order valence-corrected chi connectivity index (χ0v) is 19.3. The molecule has 1 aromatic heterocycles. The molecule has 1 fully saturated rings. The number of aromatic nitrogens is 1. The maximum Gasteiger partial charge on any atom is 0.218 e. The molecule has 2 heterocycles. The molecule has 33 heavy (non-hydrogen) atoms. The number of aliphatic hydroxyl groups is 1. The van der Waals surface area contributed by atoms with Crippen LogP contribution in [0.1, 0.15) is 67.8 Å². The summed E-state index contributed by atoms with van der Waals surface area (Å²) < 4.78 is 6.30. The second-order valence-corrected chi connectivity index (χ2v) is 9.29. The summed E-state index contributed by atoms with van der Waals surface area (Å²) in [6, 6.07) is 11.1. The lowest BCUT2D eigenvalue weighted by Crippen LogP contribution is -2.52. The first kappa shape index (κ1) is 23.2. The van der Waals surface area contributed by atoms with E-state index in [1.807, 2.05) is 18.3 Å². The number of carbonyl (C=O) groups is 1. The average Bonchev–Trinajstić information content (AvgIpc) is 2.80. The SMILES string of the molecule is CCc1cnc2c(c1)[C@@H](NC[C@H](O)[C@H](Cc1cccc(C#N)c1)NC(C)=O)CC1(CCC1)O2. The van der Waals surface area contributed by atoms with E-state index in [-0.39, 0.29) is 17.6 Å². The van der Waals surface area contributed by atoms with Gasteiger partial charge >= 0.3 is 0 Å². The van der Waals surface area contributed by atoms with Gasteiger partial charge in [-0.3, -0.25) is 4.79 Å². The fourth-order valence-corrected chi connectivity index (χ4v) is 4.80. The molecule has 2 aromatic rings. The maximum absolute atomic E-state index is 11.8. The molecule has 1 aliphatic heterocycles. The molecule has 1 amide bonds. The van der Waals surface area contributed by atoms with Gasteiger partial charge in [0.05, 0.1) is 23.8 Å². The highest BCUT2D eigenvalue weighted by atomic mass is 16.5. The van der Waals surface area contributed by atoms with E-state index < -0.39 is 12.1 Å². The van der Waals surface area contributed by atoms with Crippen molar-refractivity contribution in [2.45, 2.75) is 76.2 Å². The predicted octanol–water partition coefficient (Wildman–Crippen LogP) is 2.96. The number of pyridine rings is 1. The van der Waals surface area contributed by atoms with Crippen LogP contribution in [0.5, 0.6) is 5.88 Å². The van der Waals surface area contributed by atoms with E-state index >= 15 is 0 Å². The van der Waals surface area contributed by atoms with Gasteiger partial charge in [-0.2, -0.15) is 5.26 Å². The lowest BCUT2D eigenvalue weighted by atomic mass is 9.73. The number of hydrogen-bond acceptors (Lipinski definition) is 6. The quantitative estimate of drug-likeness (QED) is 0.573. The zero-order valence-electron chi connectivity index (χ0n) is 19.3. The topological polar surface area (TPSA) is 107 Å². The van der Waals surface area contributed by atoms with Crippen molar-refractivity contribution in [1.82, 2.24) is 15.6 Å². The Balaban J connectivity index is 1.48. The van der Waals surface area contributed by atoms with E-state index in [4.69, 9.17) is 10.00 Å². The smallest absolute Gasteiger partial charge is 0.218 e. The minimum atomic E-state index is -0.800. The van der Waals surface area contributed by atoms with E-state index in [1.54, 1.807) is 12.1 Å². The fraction of sp³-hybridized carbons (Fsp3) is 0.500. The summed E-state index contributed by atoms with van der Waals surface area (Å²) in [6.45, 7) is 3.87. The Morgan fingerprint density at radius 3 is 2.85 bits per heavy atom. The molecule has 4 rings (SSSR count). The number of nitriles is 1. The third kappa shape index (κ3) is 5.35. The molecule has 2 aliphatic rings. The molecule has 0 unspecified atom stereocenters. The summed E-state index contributed by atoms with van der Waals surface area (Å²) in [4.78, 5) is 16.4. The molecule has 1 saturated carbocycles. The molecule has 174 valence electrons. The van der Waals surface area contributed by atoms with Crippen molar-refractivity contribution in [3.8, 4) is 11.9 Å². The van der Waals surface area contributed by atoms with Crippen LogP contribution in [-0.4, -0.2) is 40.3 Å². The highest BCUT2D eigenvalue weighted by Crippen LogP contribution is 2.48. The number of carbonyl (C=O) groups excluding carboxylic acids is 1. The monoisotopic (exact) mass is 448 g/mol. The Kier molecular flexibility index (Phi) is 6.96. The molecule has 1 aromatic carbocycles. The van der Waals surface area contributed by atoms with Crippen molar-refractivity contribution < 1.29 is 14.6 Å². The van der Waals surface area contributed by atoms with Gasteiger partial charge in [0.15, 0.2) is 0 Å². The molecule has 7 nitrogen and oxygen atoms in total. The van der Waals surface area contributed by atoms with Crippen LogP contribution in [0.25, 0.3) is 0 Å². The Hall–Kier alpha value is -2.95. The average molecular weight is 449 g/mol. The second-order valence-electron chi connectivity index (χ2n) is 9.29. The van der Waals surface area contributed by atoms with Crippen molar-refractivity contribution in [3.05, 3.63) is 58.8 Å². The summed E-state index contributed by atoms with van der Waals surface area (Å²) in [5, 5.41) is 26.6. The highest BCUT2D eigenvalue weighted by Gasteiger charge is 2.46. The summed E-state index contributed by atoms with van der Waals surface area (Å²) in [6.07, 6.45) is 6.46. The first-order valence-corrected chi connectivity index (χ1v) is 11.8. The van der Waals surface area contributed by atoms with E-state index in [0.717, 1.165) is 48.8 Å². The Bertz CT molecular complexity index is 1040. The number of amides is 1. The van der Waals surface area contributed by atoms with Crippen LogP contribution in [0.2, 0.25) is 0 Å². The minimum Gasteiger partial charge on any atom is -0.471 e. The Morgan fingerprint density at radius 2 is 2.18 bits per heavy atom. The number of ether oxygens (including phenoxy) is 1. The van der Waals surface area contributed by atoms with Crippen LogP contribution in [0.3, 0.4) is 0 Å². The molecule has 7 heteroatoms. The molecular weight excluding hydrogens is 416 g/mol. The molecule has 0 saturated heterocycles.